The molecule has 0 aromatic heterocycles. The van der Waals surface area contributed by atoms with Gasteiger partial charge in [-0.2, -0.15) is 0 Å². The van der Waals surface area contributed by atoms with E-state index in [1.807, 2.05) is 6.07 Å². The molecular weight excluding hydrogens is 248 g/mol. The molecule has 1 unspecified atom stereocenters. The van der Waals surface area contributed by atoms with Crippen LogP contribution in [0.25, 0.3) is 0 Å². The molecule has 3 aliphatic heterocycles. The number of nitrogens with one attached hydrogen (secondary N) is 1. The predicted octanol–water partition coefficient (Wildman–Crippen LogP) is 2.83. The van der Waals surface area contributed by atoms with Crippen LogP contribution in [0.15, 0.2) is 48.5 Å². The van der Waals surface area contributed by atoms with E-state index in [1.165, 1.54) is 18.4 Å². The van der Waals surface area contributed by atoms with E-state index in [1.54, 1.807) is 0 Å². The first-order valence-corrected chi connectivity index (χ1v) is 7.53. The van der Waals surface area contributed by atoms with Gasteiger partial charge in [0.1, 0.15) is 11.5 Å². The van der Waals surface area contributed by atoms with Crippen molar-refractivity contribution in [1.29, 1.82) is 0 Å². The molecule has 0 bridgehead atoms. The second-order valence-corrected chi connectivity index (χ2v) is 5.88. The molecule has 0 saturated carbocycles. The van der Waals surface area contributed by atoms with Crippen molar-refractivity contribution in [3.05, 3.63) is 54.1 Å². The van der Waals surface area contributed by atoms with Crippen LogP contribution in [0, 0.1) is 5.92 Å². The number of benzene rings is 1. The Kier molecular flexibility index (Phi) is 3.00. The zero-order chi connectivity index (χ0) is 13.4. The van der Waals surface area contributed by atoms with Crippen molar-refractivity contribution in [3.63, 3.8) is 0 Å². The quantitative estimate of drug-likeness (QED) is 0.892. The van der Waals surface area contributed by atoms with Gasteiger partial charge in [0.05, 0.1) is 5.92 Å². The minimum Gasteiger partial charge on any atom is -0.459 e. The summed E-state index contributed by atoms with van der Waals surface area (Å²) in [4.78, 5) is 2.30. The first kappa shape index (κ1) is 12.0. The van der Waals surface area contributed by atoms with Crippen molar-refractivity contribution in [2.45, 2.75) is 18.8 Å². The summed E-state index contributed by atoms with van der Waals surface area (Å²) in [6, 6.07) is 8.33. The van der Waals surface area contributed by atoms with E-state index >= 15 is 0 Å². The molecule has 1 N–H and O–H groups in total. The third-order valence-corrected chi connectivity index (χ3v) is 4.48. The number of piperidine rings is 1. The number of allylic oxidation sites excluding steroid dienone is 1. The smallest absolute Gasteiger partial charge is 0.132 e. The molecule has 3 nitrogen and oxygen atoms in total. The lowest BCUT2D eigenvalue weighted by molar-refractivity contribution is 0.295. The molecule has 0 spiro atoms. The minimum atomic E-state index is 0.315. The van der Waals surface area contributed by atoms with E-state index in [9.17, 15) is 0 Å². The summed E-state index contributed by atoms with van der Waals surface area (Å²) in [6.45, 7) is 3.42. The van der Waals surface area contributed by atoms with Crippen LogP contribution in [0.2, 0.25) is 0 Å². The number of ether oxygens (including phenoxy) is 1. The van der Waals surface area contributed by atoms with Gasteiger partial charge >= 0.3 is 0 Å². The molecule has 1 fully saturated rings. The topological polar surface area (TPSA) is 24.5 Å². The maximum atomic E-state index is 5.99. The highest BCUT2D eigenvalue weighted by molar-refractivity contribution is 5.49. The summed E-state index contributed by atoms with van der Waals surface area (Å²) in [5.74, 6) is 3.19. The average molecular weight is 268 g/mol. The predicted molar refractivity (Wildman–Crippen MR) is 79.3 cm³/mol. The first-order chi connectivity index (χ1) is 9.90. The Bertz CT molecular complexity index is 558. The molecule has 0 aliphatic carbocycles. The second kappa shape index (κ2) is 4.98. The molecule has 4 rings (SSSR count). The Balaban J connectivity index is 1.49. The molecule has 20 heavy (non-hydrogen) atoms. The van der Waals surface area contributed by atoms with Crippen molar-refractivity contribution in [1.82, 2.24) is 10.2 Å². The lowest BCUT2D eigenvalue weighted by Gasteiger charge is -2.29. The van der Waals surface area contributed by atoms with Crippen molar-refractivity contribution < 1.29 is 4.74 Å². The average Bonchev–Trinajstić information content (AvgIpc) is 2.86. The van der Waals surface area contributed by atoms with E-state index in [0.29, 0.717) is 5.92 Å². The van der Waals surface area contributed by atoms with E-state index in [-0.39, 0.29) is 0 Å². The van der Waals surface area contributed by atoms with Crippen LogP contribution in [-0.2, 0) is 0 Å². The van der Waals surface area contributed by atoms with Gasteiger partial charge in [-0.25, -0.2) is 0 Å². The largest absolute Gasteiger partial charge is 0.459 e. The minimum absolute atomic E-state index is 0.315. The van der Waals surface area contributed by atoms with E-state index < -0.39 is 0 Å². The Hall–Kier alpha value is -1.74. The summed E-state index contributed by atoms with van der Waals surface area (Å²) in [5.41, 5.74) is 1.29. The molecule has 1 saturated heterocycles. The van der Waals surface area contributed by atoms with Gasteiger partial charge in [0.25, 0.3) is 0 Å². The molecule has 1 atom stereocenters. The molecule has 104 valence electrons. The highest BCUT2D eigenvalue weighted by Gasteiger charge is 2.30. The van der Waals surface area contributed by atoms with Crippen LogP contribution in [0.4, 0.5) is 0 Å². The van der Waals surface area contributed by atoms with Crippen molar-refractivity contribution in [2.75, 3.05) is 19.6 Å². The van der Waals surface area contributed by atoms with Crippen LogP contribution >= 0.6 is 0 Å². The van der Waals surface area contributed by atoms with Crippen LogP contribution in [0.5, 0.6) is 5.75 Å². The molecular formula is C17H20N2O. The first-order valence-electron chi connectivity index (χ1n) is 7.53. The van der Waals surface area contributed by atoms with E-state index in [0.717, 1.165) is 37.1 Å². The van der Waals surface area contributed by atoms with Crippen LogP contribution < -0.4 is 10.1 Å². The lowest BCUT2D eigenvalue weighted by atomic mass is 9.95. The van der Waals surface area contributed by atoms with Crippen molar-refractivity contribution in [3.8, 4) is 5.75 Å². The summed E-state index contributed by atoms with van der Waals surface area (Å²) in [5, 5.41) is 3.42. The summed E-state index contributed by atoms with van der Waals surface area (Å²) in [6.07, 6.45) is 9.23. The second-order valence-electron chi connectivity index (χ2n) is 5.88. The Morgan fingerprint density at radius 3 is 2.95 bits per heavy atom. The third kappa shape index (κ3) is 2.12. The zero-order valence-electron chi connectivity index (χ0n) is 11.6. The maximum absolute atomic E-state index is 5.99. The molecule has 3 aliphatic rings. The number of rotatable bonds is 2. The number of nitrogens with zero attached hydrogens (tertiary/aromatic N) is 1. The van der Waals surface area contributed by atoms with E-state index in [2.05, 4.69) is 46.9 Å². The Morgan fingerprint density at radius 2 is 2.05 bits per heavy atom. The fourth-order valence-electron chi connectivity index (χ4n) is 3.36. The third-order valence-electron chi connectivity index (χ3n) is 4.48. The van der Waals surface area contributed by atoms with E-state index in [4.69, 9.17) is 4.74 Å². The molecule has 3 heteroatoms. The number of hydrogen-bond donors (Lipinski definition) is 1. The van der Waals surface area contributed by atoms with Gasteiger partial charge in [-0.05, 0) is 37.9 Å². The molecule has 0 radical (unpaired) electrons. The fourth-order valence-corrected chi connectivity index (χ4v) is 3.36. The highest BCUT2D eigenvalue weighted by atomic mass is 16.5. The van der Waals surface area contributed by atoms with Crippen molar-refractivity contribution >= 4 is 0 Å². The number of fused-ring (bicyclic) bond motifs is 3. The van der Waals surface area contributed by atoms with Gasteiger partial charge in [-0.3, -0.25) is 0 Å². The van der Waals surface area contributed by atoms with Gasteiger partial charge in [0.15, 0.2) is 0 Å². The molecule has 1 aromatic rings. The lowest BCUT2D eigenvalue weighted by Crippen LogP contribution is -2.33. The monoisotopic (exact) mass is 268 g/mol. The van der Waals surface area contributed by atoms with Gasteiger partial charge in [0.2, 0.25) is 0 Å². The standard InChI is InChI=1S/C17H20N2O/c1-2-4-16-14(3-1)15-7-10-19(12-17(15)20-16)11-13-5-8-18-9-6-13/h1-4,7,10,12-13,15,18H,5-6,8-9,11H2. The summed E-state index contributed by atoms with van der Waals surface area (Å²) < 4.78 is 5.99. The summed E-state index contributed by atoms with van der Waals surface area (Å²) in [7, 11) is 0. The number of para-hydroxylation sites is 1. The Labute approximate surface area is 119 Å². The maximum Gasteiger partial charge on any atom is 0.132 e. The summed E-state index contributed by atoms with van der Waals surface area (Å²) >= 11 is 0. The normalized spacial score (nSPS) is 24.9. The molecule has 1 aromatic carbocycles. The van der Waals surface area contributed by atoms with Gasteiger partial charge in [-0.15, -0.1) is 0 Å². The van der Waals surface area contributed by atoms with Gasteiger partial charge < -0.3 is 15.0 Å². The Morgan fingerprint density at radius 1 is 1.20 bits per heavy atom. The fraction of sp³-hybridized carbons (Fsp3) is 0.412. The highest BCUT2D eigenvalue weighted by Crippen LogP contribution is 2.43. The van der Waals surface area contributed by atoms with Gasteiger partial charge in [-0.1, -0.05) is 24.3 Å². The number of hydrogen-bond acceptors (Lipinski definition) is 3. The van der Waals surface area contributed by atoms with Crippen molar-refractivity contribution in [2.24, 2.45) is 5.92 Å². The SMILES string of the molecule is C1=CN(CC2CCNCC2)C=C2Oc3ccccc3C12. The van der Waals surface area contributed by atoms with Crippen LogP contribution in [-0.4, -0.2) is 24.5 Å². The molecule has 0 amide bonds. The molecule has 3 heterocycles. The zero-order valence-corrected chi connectivity index (χ0v) is 11.6. The van der Waals surface area contributed by atoms with Gasteiger partial charge in [0, 0.05) is 24.5 Å². The van der Waals surface area contributed by atoms with Crippen LogP contribution in [0.1, 0.15) is 24.3 Å². The van der Waals surface area contributed by atoms with Crippen LogP contribution in [0.3, 0.4) is 0 Å².